The normalized spacial score (nSPS) is 10.6. The lowest BCUT2D eigenvalue weighted by atomic mass is 10.3. The van der Waals surface area contributed by atoms with Crippen molar-refractivity contribution in [1.29, 1.82) is 0 Å². The Morgan fingerprint density at radius 3 is 3.06 bits per heavy atom. The van der Waals surface area contributed by atoms with Gasteiger partial charge in [0.1, 0.15) is 0 Å². The molecule has 3 N–H and O–H groups in total. The zero-order valence-corrected chi connectivity index (χ0v) is 9.23. The van der Waals surface area contributed by atoms with Crippen LogP contribution in [0, 0.1) is 0 Å². The number of methoxy groups -OCH3 is 1. The van der Waals surface area contributed by atoms with Crippen LogP contribution in [0.1, 0.15) is 16.2 Å². The zero-order valence-electron chi connectivity index (χ0n) is 9.23. The fourth-order valence-corrected chi connectivity index (χ4v) is 1.04. The van der Waals surface area contributed by atoms with Crippen LogP contribution in [-0.2, 0) is 4.74 Å². The van der Waals surface area contributed by atoms with Gasteiger partial charge < -0.3 is 15.8 Å². The molecule has 0 unspecified atom stereocenters. The van der Waals surface area contributed by atoms with Crippen molar-refractivity contribution < 1.29 is 9.53 Å². The number of rotatable bonds is 4. The van der Waals surface area contributed by atoms with E-state index in [9.17, 15) is 4.79 Å². The minimum absolute atomic E-state index is 0.0362. The minimum atomic E-state index is -0.589. The lowest BCUT2D eigenvalue weighted by Gasteiger charge is -2.02. The van der Waals surface area contributed by atoms with Gasteiger partial charge in [0.25, 0.3) is 0 Å². The van der Waals surface area contributed by atoms with E-state index in [1.54, 1.807) is 6.08 Å². The molecule has 0 atom stereocenters. The molecule has 0 saturated carbocycles. The van der Waals surface area contributed by atoms with Crippen molar-refractivity contribution in [3.63, 3.8) is 0 Å². The number of nitrogens with two attached hydrogens (primary N) is 1. The lowest BCUT2D eigenvalue weighted by Crippen LogP contribution is -2.11. The maximum absolute atomic E-state index is 11.3. The van der Waals surface area contributed by atoms with Gasteiger partial charge in [-0.3, -0.25) is 0 Å². The minimum Gasteiger partial charge on any atom is -0.464 e. The molecule has 16 heavy (non-hydrogen) atoms. The van der Waals surface area contributed by atoms with Gasteiger partial charge in [-0.1, -0.05) is 6.08 Å². The second kappa shape index (κ2) is 5.82. The van der Waals surface area contributed by atoms with Crippen LogP contribution in [0.15, 0.2) is 12.3 Å². The van der Waals surface area contributed by atoms with E-state index in [1.165, 1.54) is 13.3 Å². The van der Waals surface area contributed by atoms with Crippen molar-refractivity contribution in [2.75, 3.05) is 26.4 Å². The van der Waals surface area contributed by atoms with Crippen LogP contribution in [0.5, 0.6) is 0 Å². The van der Waals surface area contributed by atoms with Crippen LogP contribution in [-0.4, -0.2) is 36.6 Å². The van der Waals surface area contributed by atoms with Crippen LogP contribution in [0.4, 0.5) is 5.82 Å². The van der Waals surface area contributed by atoms with E-state index in [0.29, 0.717) is 12.2 Å². The van der Waals surface area contributed by atoms with Gasteiger partial charge in [-0.2, -0.15) is 0 Å². The van der Waals surface area contributed by atoms with Crippen LogP contribution in [0.25, 0.3) is 6.08 Å². The Morgan fingerprint density at radius 2 is 2.44 bits per heavy atom. The molecule has 0 aliphatic carbocycles. The molecule has 0 saturated heterocycles. The predicted molar refractivity (Wildman–Crippen MR) is 60.7 cm³/mol. The van der Waals surface area contributed by atoms with Crippen LogP contribution in [0.2, 0.25) is 0 Å². The fourth-order valence-electron chi connectivity index (χ4n) is 1.04. The fraction of sp³-hybridized carbons (Fsp3) is 0.300. The predicted octanol–water partition coefficient (Wildman–Crippen LogP) is 0.0780. The molecule has 0 amide bonds. The van der Waals surface area contributed by atoms with Gasteiger partial charge in [0.15, 0.2) is 11.5 Å². The summed E-state index contributed by atoms with van der Waals surface area (Å²) in [6.07, 6.45) is 5.10. The molecule has 1 heterocycles. The van der Waals surface area contributed by atoms with E-state index >= 15 is 0 Å². The molecular weight excluding hydrogens is 208 g/mol. The first-order valence-corrected chi connectivity index (χ1v) is 4.71. The van der Waals surface area contributed by atoms with Crippen LogP contribution in [0.3, 0.4) is 0 Å². The highest BCUT2D eigenvalue weighted by molar-refractivity contribution is 5.91. The molecule has 6 heteroatoms. The SMILES string of the molecule is CNCC=Cc1cnc(N)c(C(=O)OC)n1. The largest absolute Gasteiger partial charge is 0.464 e. The average molecular weight is 222 g/mol. The molecule has 0 aliphatic rings. The summed E-state index contributed by atoms with van der Waals surface area (Å²) in [5.41, 5.74) is 6.11. The average Bonchev–Trinajstić information content (AvgIpc) is 2.30. The first kappa shape index (κ1) is 12.1. The number of hydrogen-bond acceptors (Lipinski definition) is 6. The van der Waals surface area contributed by atoms with Crippen molar-refractivity contribution in [2.45, 2.75) is 0 Å². The number of ether oxygens (including phenoxy) is 1. The quantitative estimate of drug-likeness (QED) is 0.701. The number of anilines is 1. The molecule has 0 aromatic carbocycles. The van der Waals surface area contributed by atoms with Crippen LogP contribution < -0.4 is 11.1 Å². The topological polar surface area (TPSA) is 90.1 Å². The molecule has 0 bridgehead atoms. The van der Waals surface area contributed by atoms with E-state index in [1.807, 2.05) is 13.1 Å². The number of carbonyl (C=O) groups is 1. The van der Waals surface area contributed by atoms with Gasteiger partial charge in [0, 0.05) is 6.54 Å². The summed E-state index contributed by atoms with van der Waals surface area (Å²) < 4.78 is 4.54. The Hall–Kier alpha value is -1.95. The molecular formula is C10H14N4O2. The highest BCUT2D eigenvalue weighted by atomic mass is 16.5. The number of carbonyl (C=O) groups excluding carboxylic acids is 1. The summed E-state index contributed by atoms with van der Waals surface area (Å²) >= 11 is 0. The van der Waals surface area contributed by atoms with E-state index in [2.05, 4.69) is 20.0 Å². The molecule has 0 radical (unpaired) electrons. The van der Waals surface area contributed by atoms with Gasteiger partial charge >= 0.3 is 5.97 Å². The summed E-state index contributed by atoms with van der Waals surface area (Å²) in [7, 11) is 3.10. The maximum atomic E-state index is 11.3. The maximum Gasteiger partial charge on any atom is 0.360 e. The number of esters is 1. The van der Waals surface area contributed by atoms with Crippen molar-refractivity contribution in [3.05, 3.63) is 23.7 Å². The van der Waals surface area contributed by atoms with Crippen molar-refractivity contribution in [1.82, 2.24) is 15.3 Å². The molecule has 6 nitrogen and oxygen atoms in total. The third-order valence-corrected chi connectivity index (χ3v) is 1.81. The molecule has 0 aliphatic heterocycles. The monoisotopic (exact) mass is 222 g/mol. The number of nitrogens with zero attached hydrogens (tertiary/aromatic N) is 2. The molecule has 86 valence electrons. The number of hydrogen-bond donors (Lipinski definition) is 2. The highest BCUT2D eigenvalue weighted by Gasteiger charge is 2.12. The second-order valence-electron chi connectivity index (χ2n) is 2.98. The Bertz CT molecular complexity index is 404. The lowest BCUT2D eigenvalue weighted by molar-refractivity contribution is 0.0595. The second-order valence-corrected chi connectivity index (χ2v) is 2.98. The Balaban J connectivity index is 2.93. The molecule has 0 fully saturated rings. The zero-order chi connectivity index (χ0) is 12.0. The van der Waals surface area contributed by atoms with Crippen molar-refractivity contribution in [2.24, 2.45) is 0 Å². The van der Waals surface area contributed by atoms with E-state index in [4.69, 9.17) is 5.73 Å². The molecule has 1 aromatic rings. The highest BCUT2D eigenvalue weighted by Crippen LogP contribution is 2.08. The number of likely N-dealkylation sites (N-methyl/N-ethyl adjacent to an activating group) is 1. The number of nitrogen functional groups attached to an aromatic ring is 1. The van der Waals surface area contributed by atoms with Crippen molar-refractivity contribution in [3.8, 4) is 0 Å². The van der Waals surface area contributed by atoms with Gasteiger partial charge in [-0.05, 0) is 13.1 Å². The smallest absolute Gasteiger partial charge is 0.360 e. The van der Waals surface area contributed by atoms with Gasteiger partial charge in [0.2, 0.25) is 0 Å². The van der Waals surface area contributed by atoms with E-state index in [0.717, 1.165) is 0 Å². The van der Waals surface area contributed by atoms with E-state index in [-0.39, 0.29) is 11.5 Å². The van der Waals surface area contributed by atoms with Gasteiger partial charge in [-0.25, -0.2) is 14.8 Å². The molecule has 1 rings (SSSR count). The summed E-state index contributed by atoms with van der Waals surface area (Å²) in [4.78, 5) is 19.2. The van der Waals surface area contributed by atoms with Gasteiger partial charge in [-0.15, -0.1) is 0 Å². The Labute approximate surface area is 93.5 Å². The first-order valence-electron chi connectivity index (χ1n) is 4.71. The Morgan fingerprint density at radius 1 is 1.69 bits per heavy atom. The molecule has 1 aromatic heterocycles. The van der Waals surface area contributed by atoms with Gasteiger partial charge in [0.05, 0.1) is 19.0 Å². The van der Waals surface area contributed by atoms with Crippen molar-refractivity contribution >= 4 is 17.9 Å². The third kappa shape index (κ3) is 3.03. The standard InChI is InChI=1S/C10H14N4O2/c1-12-5-3-4-7-6-13-9(11)8(14-7)10(15)16-2/h3-4,6,12H,5H2,1-2H3,(H2,11,13). The number of nitrogens with one attached hydrogen (secondary N) is 1. The summed E-state index contributed by atoms with van der Waals surface area (Å²) in [5, 5.41) is 2.95. The van der Waals surface area contributed by atoms with Crippen LogP contribution >= 0.6 is 0 Å². The van der Waals surface area contributed by atoms with E-state index < -0.39 is 5.97 Å². The number of aromatic nitrogens is 2. The summed E-state index contributed by atoms with van der Waals surface area (Å²) in [6.45, 7) is 0.708. The molecule has 0 spiro atoms. The first-order chi connectivity index (χ1) is 7.69. The Kier molecular flexibility index (Phi) is 4.41. The third-order valence-electron chi connectivity index (χ3n) is 1.81. The summed E-state index contributed by atoms with van der Waals surface area (Å²) in [6, 6.07) is 0. The summed E-state index contributed by atoms with van der Waals surface area (Å²) in [5.74, 6) is -0.522.